The molecule has 0 fully saturated rings. The molecule has 0 heterocycles. The van der Waals surface area contributed by atoms with Crippen LogP contribution in [0.3, 0.4) is 0 Å². The first-order valence-corrected chi connectivity index (χ1v) is 27.7. The first-order chi connectivity index (χ1) is 30.2. The van der Waals surface area contributed by atoms with Crippen LogP contribution in [0, 0.1) is 0 Å². The van der Waals surface area contributed by atoms with Crippen molar-refractivity contribution in [1.82, 2.24) is 5.32 Å². The molecule has 0 aliphatic carbocycles. The molecule has 0 spiro atoms. The van der Waals surface area contributed by atoms with Crippen molar-refractivity contribution < 1.29 is 15.0 Å². The standard InChI is InChI=1S/C57H109NO3/c1-3-5-7-9-11-13-15-17-19-21-23-25-27-29-30-32-34-36-38-40-42-44-46-48-50-52-56(60)55(54-59)58-57(61)53-51-49-47-45-43-41-39-37-35-33-31-28-26-24-22-20-18-16-14-12-10-8-6-4-2/h34,36,42,44,50,52,55-56,59-60H,3-33,35,37-41,43,45-49,51,53-54H2,1-2H3,(H,58,61)/b36-34+,44-42+,52-50+. The highest BCUT2D eigenvalue weighted by Gasteiger charge is 2.18. The van der Waals surface area contributed by atoms with Crippen LogP contribution in [-0.4, -0.2) is 34.9 Å². The van der Waals surface area contributed by atoms with Gasteiger partial charge in [0.15, 0.2) is 0 Å². The molecule has 0 radical (unpaired) electrons. The molecule has 0 aromatic carbocycles. The lowest BCUT2D eigenvalue weighted by Gasteiger charge is -2.19. The summed E-state index contributed by atoms with van der Waals surface area (Å²) in [5.74, 6) is -0.0721. The van der Waals surface area contributed by atoms with E-state index in [-0.39, 0.29) is 12.5 Å². The Morgan fingerprint density at radius 2 is 0.639 bits per heavy atom. The normalized spacial score (nSPS) is 13.0. The molecule has 0 aliphatic heterocycles. The SMILES string of the molecule is CCCCCCCCCCCCCCCCC/C=C/CC/C=C/CC/C=C/C(O)C(CO)NC(=O)CCCCCCCCCCCCCCCCCCCCCCCCCC. The van der Waals surface area contributed by atoms with Crippen molar-refractivity contribution >= 4 is 5.91 Å². The number of aliphatic hydroxyl groups excluding tert-OH is 2. The summed E-state index contributed by atoms with van der Waals surface area (Å²) in [6.45, 7) is 4.33. The zero-order chi connectivity index (χ0) is 44.2. The molecule has 4 heteroatoms. The minimum atomic E-state index is -0.869. The third-order valence-electron chi connectivity index (χ3n) is 12.9. The van der Waals surface area contributed by atoms with Crippen molar-refractivity contribution in [3.63, 3.8) is 0 Å². The van der Waals surface area contributed by atoms with Crippen molar-refractivity contribution in [1.29, 1.82) is 0 Å². The minimum absolute atomic E-state index is 0.0721. The molecule has 0 saturated heterocycles. The molecule has 1 amide bonds. The number of nitrogens with one attached hydrogen (secondary N) is 1. The van der Waals surface area contributed by atoms with E-state index in [0.29, 0.717) is 6.42 Å². The van der Waals surface area contributed by atoms with E-state index in [2.05, 4.69) is 43.5 Å². The lowest BCUT2D eigenvalue weighted by atomic mass is 10.0. The Morgan fingerprint density at radius 1 is 0.377 bits per heavy atom. The van der Waals surface area contributed by atoms with Gasteiger partial charge < -0.3 is 15.5 Å². The molecular formula is C57H109NO3. The van der Waals surface area contributed by atoms with Gasteiger partial charge in [0.05, 0.1) is 18.8 Å². The number of hydrogen-bond acceptors (Lipinski definition) is 3. The summed E-state index contributed by atoms with van der Waals surface area (Å²) in [5.41, 5.74) is 0. The van der Waals surface area contributed by atoms with Gasteiger partial charge in [0.2, 0.25) is 5.91 Å². The number of unbranched alkanes of at least 4 members (excludes halogenated alkanes) is 40. The first-order valence-electron chi connectivity index (χ1n) is 27.7. The molecule has 0 saturated carbocycles. The van der Waals surface area contributed by atoms with Crippen LogP contribution in [0.2, 0.25) is 0 Å². The molecule has 4 nitrogen and oxygen atoms in total. The topological polar surface area (TPSA) is 69.6 Å². The number of carbonyl (C=O) groups is 1. The molecule has 2 atom stereocenters. The third kappa shape index (κ3) is 49.5. The smallest absolute Gasteiger partial charge is 0.220 e. The van der Waals surface area contributed by atoms with E-state index in [9.17, 15) is 15.0 Å². The Bertz CT molecular complexity index is 928. The van der Waals surface area contributed by atoms with Crippen LogP contribution in [0.25, 0.3) is 0 Å². The molecule has 61 heavy (non-hydrogen) atoms. The van der Waals surface area contributed by atoms with Crippen LogP contribution >= 0.6 is 0 Å². The van der Waals surface area contributed by atoms with Gasteiger partial charge in [0.1, 0.15) is 0 Å². The fourth-order valence-corrected chi connectivity index (χ4v) is 8.63. The maximum atomic E-state index is 12.5. The predicted molar refractivity (Wildman–Crippen MR) is 272 cm³/mol. The van der Waals surface area contributed by atoms with E-state index in [4.69, 9.17) is 0 Å². The summed E-state index contributed by atoms with van der Waals surface area (Å²) in [7, 11) is 0. The lowest BCUT2D eigenvalue weighted by Crippen LogP contribution is -2.45. The van der Waals surface area contributed by atoms with Crippen LogP contribution in [0.15, 0.2) is 36.5 Å². The summed E-state index contributed by atoms with van der Waals surface area (Å²) >= 11 is 0. The second-order valence-electron chi connectivity index (χ2n) is 19.0. The summed E-state index contributed by atoms with van der Waals surface area (Å²) in [6, 6.07) is -0.644. The Morgan fingerprint density at radius 3 is 0.951 bits per heavy atom. The van der Waals surface area contributed by atoms with Crippen LogP contribution in [0.4, 0.5) is 0 Å². The largest absolute Gasteiger partial charge is 0.394 e. The van der Waals surface area contributed by atoms with Crippen molar-refractivity contribution in [2.75, 3.05) is 6.61 Å². The highest BCUT2D eigenvalue weighted by molar-refractivity contribution is 5.76. The average molecular weight is 857 g/mol. The monoisotopic (exact) mass is 856 g/mol. The number of aliphatic hydroxyl groups is 2. The molecule has 0 aliphatic rings. The summed E-state index contributed by atoms with van der Waals surface area (Å²) in [6.07, 6.45) is 71.6. The van der Waals surface area contributed by atoms with Crippen molar-refractivity contribution in [3.05, 3.63) is 36.5 Å². The Balaban J connectivity index is 3.54. The minimum Gasteiger partial charge on any atom is -0.394 e. The summed E-state index contributed by atoms with van der Waals surface area (Å²) in [5, 5.41) is 23.1. The van der Waals surface area contributed by atoms with Gasteiger partial charge in [0.25, 0.3) is 0 Å². The summed E-state index contributed by atoms with van der Waals surface area (Å²) < 4.78 is 0. The fourth-order valence-electron chi connectivity index (χ4n) is 8.63. The second-order valence-corrected chi connectivity index (χ2v) is 19.0. The van der Waals surface area contributed by atoms with E-state index in [0.717, 1.165) is 38.5 Å². The zero-order valence-corrected chi connectivity index (χ0v) is 41.4. The molecule has 0 aromatic heterocycles. The van der Waals surface area contributed by atoms with Gasteiger partial charge in [0, 0.05) is 6.42 Å². The number of carbonyl (C=O) groups excluding carboxylic acids is 1. The molecule has 3 N–H and O–H groups in total. The Kier molecular flexibility index (Phi) is 51.7. The molecule has 2 unspecified atom stereocenters. The number of amides is 1. The highest BCUT2D eigenvalue weighted by Crippen LogP contribution is 2.17. The maximum absolute atomic E-state index is 12.5. The predicted octanol–water partition coefficient (Wildman–Crippen LogP) is 18.1. The summed E-state index contributed by atoms with van der Waals surface area (Å²) in [4.78, 5) is 12.5. The Hall–Kier alpha value is -1.39. The Labute approximate surface area is 382 Å². The third-order valence-corrected chi connectivity index (χ3v) is 12.9. The van der Waals surface area contributed by atoms with Gasteiger partial charge in [-0.3, -0.25) is 4.79 Å². The van der Waals surface area contributed by atoms with Gasteiger partial charge in [-0.05, 0) is 44.9 Å². The maximum Gasteiger partial charge on any atom is 0.220 e. The van der Waals surface area contributed by atoms with Crippen LogP contribution in [0.1, 0.15) is 303 Å². The van der Waals surface area contributed by atoms with Gasteiger partial charge in [-0.15, -0.1) is 0 Å². The van der Waals surface area contributed by atoms with Gasteiger partial charge in [-0.25, -0.2) is 0 Å². The van der Waals surface area contributed by atoms with E-state index in [1.807, 2.05) is 6.08 Å². The van der Waals surface area contributed by atoms with E-state index in [1.165, 1.54) is 244 Å². The quantitative estimate of drug-likeness (QED) is 0.0422. The highest BCUT2D eigenvalue weighted by atomic mass is 16.3. The second kappa shape index (κ2) is 53.0. The average Bonchev–Trinajstić information content (AvgIpc) is 3.26. The van der Waals surface area contributed by atoms with Crippen molar-refractivity contribution in [2.24, 2.45) is 0 Å². The van der Waals surface area contributed by atoms with E-state index >= 15 is 0 Å². The van der Waals surface area contributed by atoms with Gasteiger partial charge >= 0.3 is 0 Å². The van der Waals surface area contributed by atoms with E-state index in [1.54, 1.807) is 6.08 Å². The number of allylic oxidation sites excluding steroid dienone is 5. The molecule has 0 bridgehead atoms. The fraction of sp³-hybridized carbons (Fsp3) is 0.877. The molecular weight excluding hydrogens is 747 g/mol. The van der Waals surface area contributed by atoms with Gasteiger partial charge in [-0.1, -0.05) is 288 Å². The van der Waals surface area contributed by atoms with Crippen LogP contribution in [0.5, 0.6) is 0 Å². The van der Waals surface area contributed by atoms with Crippen molar-refractivity contribution in [3.8, 4) is 0 Å². The number of hydrogen-bond donors (Lipinski definition) is 3. The van der Waals surface area contributed by atoms with Crippen LogP contribution < -0.4 is 5.32 Å². The molecule has 360 valence electrons. The number of rotatable bonds is 51. The van der Waals surface area contributed by atoms with Crippen LogP contribution in [-0.2, 0) is 4.79 Å². The molecule has 0 aromatic rings. The first kappa shape index (κ1) is 59.6. The molecule has 0 rings (SSSR count). The van der Waals surface area contributed by atoms with Crippen molar-refractivity contribution in [2.45, 2.75) is 315 Å². The zero-order valence-electron chi connectivity index (χ0n) is 41.4. The lowest BCUT2D eigenvalue weighted by molar-refractivity contribution is -0.123. The van der Waals surface area contributed by atoms with Gasteiger partial charge in [-0.2, -0.15) is 0 Å². The van der Waals surface area contributed by atoms with E-state index < -0.39 is 12.1 Å².